The van der Waals surface area contributed by atoms with Gasteiger partial charge in [-0.05, 0) is 24.6 Å². The molecule has 1 amide bonds. The standard InChI is InChI=1S/C18H18F3N3O/c1-13-3-2-4-14(9-13)11-24-8-7-23(12-17(24)25)15-5-6-22-16(10-15)18(19,20)21/h2-6,9-10H,7-8,11-12H2,1H3. The molecule has 3 rings (SSSR count). The first-order valence-electron chi connectivity index (χ1n) is 7.94. The Balaban J connectivity index is 1.69. The second-order valence-corrected chi connectivity index (χ2v) is 6.12. The first-order valence-corrected chi connectivity index (χ1v) is 7.94. The van der Waals surface area contributed by atoms with Gasteiger partial charge in [-0.1, -0.05) is 29.8 Å². The Labute approximate surface area is 143 Å². The molecule has 0 spiro atoms. The molecule has 0 saturated carbocycles. The van der Waals surface area contributed by atoms with Crippen LogP contribution in [0.4, 0.5) is 18.9 Å². The van der Waals surface area contributed by atoms with Crippen molar-refractivity contribution in [1.82, 2.24) is 9.88 Å². The monoisotopic (exact) mass is 349 g/mol. The predicted octanol–water partition coefficient (Wildman–Crippen LogP) is 3.26. The van der Waals surface area contributed by atoms with Crippen molar-refractivity contribution < 1.29 is 18.0 Å². The van der Waals surface area contributed by atoms with Crippen LogP contribution >= 0.6 is 0 Å². The molecular weight excluding hydrogens is 331 g/mol. The number of halogens is 3. The molecule has 0 N–H and O–H groups in total. The minimum atomic E-state index is -4.49. The van der Waals surface area contributed by atoms with Gasteiger partial charge in [0.05, 0.1) is 6.54 Å². The summed E-state index contributed by atoms with van der Waals surface area (Å²) in [5, 5.41) is 0. The van der Waals surface area contributed by atoms with Crippen LogP contribution in [0, 0.1) is 6.92 Å². The largest absolute Gasteiger partial charge is 0.433 e. The maximum Gasteiger partial charge on any atom is 0.433 e. The molecule has 7 heteroatoms. The van der Waals surface area contributed by atoms with Gasteiger partial charge in [0.25, 0.3) is 0 Å². The lowest BCUT2D eigenvalue weighted by atomic mass is 10.1. The Morgan fingerprint density at radius 3 is 2.64 bits per heavy atom. The van der Waals surface area contributed by atoms with Gasteiger partial charge in [-0.3, -0.25) is 9.78 Å². The number of carbonyl (C=O) groups is 1. The average molecular weight is 349 g/mol. The van der Waals surface area contributed by atoms with E-state index in [9.17, 15) is 18.0 Å². The van der Waals surface area contributed by atoms with Crippen molar-refractivity contribution in [2.24, 2.45) is 0 Å². The molecule has 0 aliphatic carbocycles. The highest BCUT2D eigenvalue weighted by atomic mass is 19.4. The Morgan fingerprint density at radius 1 is 1.16 bits per heavy atom. The molecule has 1 aliphatic rings. The molecule has 0 unspecified atom stereocenters. The van der Waals surface area contributed by atoms with E-state index in [0.717, 1.165) is 23.4 Å². The van der Waals surface area contributed by atoms with Gasteiger partial charge in [0, 0.05) is 31.5 Å². The number of anilines is 1. The Bertz CT molecular complexity index is 776. The highest BCUT2D eigenvalue weighted by Gasteiger charge is 2.33. The second-order valence-electron chi connectivity index (χ2n) is 6.12. The number of nitrogens with zero attached hydrogens (tertiary/aromatic N) is 3. The van der Waals surface area contributed by atoms with Crippen LogP contribution in [-0.4, -0.2) is 35.4 Å². The number of hydrogen-bond donors (Lipinski definition) is 0. The Hall–Kier alpha value is -2.57. The van der Waals surface area contributed by atoms with Gasteiger partial charge in [-0.25, -0.2) is 0 Å². The molecule has 1 saturated heterocycles. The molecule has 0 radical (unpaired) electrons. The maximum atomic E-state index is 12.8. The summed E-state index contributed by atoms with van der Waals surface area (Å²) in [6, 6.07) is 10.4. The fourth-order valence-electron chi connectivity index (χ4n) is 2.90. The second kappa shape index (κ2) is 6.74. The van der Waals surface area contributed by atoms with Gasteiger partial charge in [0.1, 0.15) is 5.69 Å². The van der Waals surface area contributed by atoms with Gasteiger partial charge in [-0.15, -0.1) is 0 Å². The van der Waals surface area contributed by atoms with Crippen molar-refractivity contribution in [3.05, 3.63) is 59.4 Å². The van der Waals surface area contributed by atoms with Crippen molar-refractivity contribution in [3.63, 3.8) is 0 Å². The van der Waals surface area contributed by atoms with Crippen LogP contribution in [0.25, 0.3) is 0 Å². The summed E-state index contributed by atoms with van der Waals surface area (Å²) >= 11 is 0. The maximum absolute atomic E-state index is 12.8. The quantitative estimate of drug-likeness (QED) is 0.853. The van der Waals surface area contributed by atoms with Crippen molar-refractivity contribution in [3.8, 4) is 0 Å². The number of carbonyl (C=O) groups excluding carboxylic acids is 1. The van der Waals surface area contributed by atoms with Gasteiger partial charge in [-0.2, -0.15) is 13.2 Å². The lowest BCUT2D eigenvalue weighted by Gasteiger charge is -2.35. The smallest absolute Gasteiger partial charge is 0.360 e. The third kappa shape index (κ3) is 4.10. The lowest BCUT2D eigenvalue weighted by Crippen LogP contribution is -2.50. The zero-order valence-corrected chi connectivity index (χ0v) is 13.8. The van der Waals surface area contributed by atoms with Crippen LogP contribution in [0.5, 0.6) is 0 Å². The summed E-state index contributed by atoms with van der Waals surface area (Å²) < 4.78 is 38.4. The number of hydrogen-bond acceptors (Lipinski definition) is 3. The molecule has 0 atom stereocenters. The number of benzene rings is 1. The fraction of sp³-hybridized carbons (Fsp3) is 0.333. The summed E-state index contributed by atoms with van der Waals surface area (Å²) in [6.07, 6.45) is -3.37. The Kier molecular flexibility index (Phi) is 4.65. The first kappa shape index (κ1) is 17.3. The number of rotatable bonds is 3. The molecule has 1 aromatic carbocycles. The SMILES string of the molecule is Cc1cccc(CN2CCN(c3ccnc(C(F)(F)F)c3)CC2=O)c1. The minimum absolute atomic E-state index is 0.0626. The molecular formula is C18H18F3N3O. The van der Waals surface area contributed by atoms with Crippen LogP contribution in [0.15, 0.2) is 42.6 Å². The van der Waals surface area contributed by atoms with E-state index in [1.54, 1.807) is 9.80 Å². The summed E-state index contributed by atoms with van der Waals surface area (Å²) in [7, 11) is 0. The summed E-state index contributed by atoms with van der Waals surface area (Å²) in [4.78, 5) is 19.1. The molecule has 2 aromatic rings. The van der Waals surface area contributed by atoms with Crippen LogP contribution in [0.2, 0.25) is 0 Å². The number of aromatic nitrogens is 1. The number of piperazine rings is 1. The number of aryl methyl sites for hydroxylation is 1. The van der Waals surface area contributed by atoms with Crippen molar-refractivity contribution >= 4 is 11.6 Å². The van der Waals surface area contributed by atoms with Gasteiger partial charge in [0.2, 0.25) is 5.91 Å². The van der Waals surface area contributed by atoms with E-state index in [0.29, 0.717) is 25.3 Å². The van der Waals surface area contributed by atoms with E-state index in [2.05, 4.69) is 4.98 Å². The van der Waals surface area contributed by atoms with Crippen LogP contribution in [-0.2, 0) is 17.5 Å². The molecule has 0 bridgehead atoms. The van der Waals surface area contributed by atoms with E-state index in [1.165, 1.54) is 6.07 Å². The van der Waals surface area contributed by atoms with E-state index in [4.69, 9.17) is 0 Å². The van der Waals surface area contributed by atoms with Crippen molar-refractivity contribution in [2.45, 2.75) is 19.6 Å². The zero-order valence-electron chi connectivity index (χ0n) is 13.8. The lowest BCUT2D eigenvalue weighted by molar-refractivity contribution is -0.141. The summed E-state index contributed by atoms with van der Waals surface area (Å²) in [6.45, 7) is 3.52. The zero-order chi connectivity index (χ0) is 18.0. The molecule has 1 aliphatic heterocycles. The predicted molar refractivity (Wildman–Crippen MR) is 88.0 cm³/mol. The molecule has 132 valence electrons. The molecule has 25 heavy (non-hydrogen) atoms. The first-order chi connectivity index (χ1) is 11.8. The topological polar surface area (TPSA) is 36.4 Å². The van der Waals surface area contributed by atoms with E-state index < -0.39 is 11.9 Å². The Morgan fingerprint density at radius 2 is 1.96 bits per heavy atom. The van der Waals surface area contributed by atoms with Crippen LogP contribution in [0.3, 0.4) is 0 Å². The van der Waals surface area contributed by atoms with Crippen LogP contribution in [0.1, 0.15) is 16.8 Å². The number of alkyl halides is 3. The highest BCUT2D eigenvalue weighted by Crippen LogP contribution is 2.30. The van der Waals surface area contributed by atoms with Crippen molar-refractivity contribution in [1.29, 1.82) is 0 Å². The third-order valence-corrected chi connectivity index (χ3v) is 4.17. The number of pyridine rings is 1. The molecule has 1 aromatic heterocycles. The molecule has 2 heterocycles. The van der Waals surface area contributed by atoms with Gasteiger partial charge < -0.3 is 9.80 Å². The van der Waals surface area contributed by atoms with E-state index >= 15 is 0 Å². The van der Waals surface area contributed by atoms with E-state index in [1.807, 2.05) is 31.2 Å². The molecule has 1 fully saturated rings. The van der Waals surface area contributed by atoms with Gasteiger partial charge >= 0.3 is 6.18 Å². The van der Waals surface area contributed by atoms with Gasteiger partial charge in [0.15, 0.2) is 0 Å². The fourth-order valence-corrected chi connectivity index (χ4v) is 2.90. The minimum Gasteiger partial charge on any atom is -0.360 e. The third-order valence-electron chi connectivity index (χ3n) is 4.17. The van der Waals surface area contributed by atoms with Crippen molar-refractivity contribution in [2.75, 3.05) is 24.5 Å². The molecule has 4 nitrogen and oxygen atoms in total. The number of amides is 1. The average Bonchev–Trinajstić information content (AvgIpc) is 2.56. The normalized spacial score (nSPS) is 15.6. The van der Waals surface area contributed by atoms with Crippen LogP contribution < -0.4 is 4.90 Å². The highest BCUT2D eigenvalue weighted by molar-refractivity contribution is 5.82. The summed E-state index contributed by atoms with van der Waals surface area (Å²) in [5.41, 5.74) is 1.59. The summed E-state index contributed by atoms with van der Waals surface area (Å²) in [5.74, 6) is -0.0990. The van der Waals surface area contributed by atoms with E-state index in [-0.39, 0.29) is 12.5 Å².